The summed E-state index contributed by atoms with van der Waals surface area (Å²) < 4.78 is 19.0. The number of fused-ring (bicyclic) bond motifs is 2. The summed E-state index contributed by atoms with van der Waals surface area (Å²) in [5, 5.41) is 10.3. The van der Waals surface area contributed by atoms with Gasteiger partial charge >= 0.3 is 0 Å². The lowest BCUT2D eigenvalue weighted by atomic mass is 10.0. The molecule has 1 aromatic rings. The summed E-state index contributed by atoms with van der Waals surface area (Å²) >= 11 is 0. The van der Waals surface area contributed by atoms with Crippen LogP contribution in [0.5, 0.6) is 5.75 Å². The molecule has 4 heteroatoms. The van der Waals surface area contributed by atoms with Gasteiger partial charge in [0.25, 0.3) is 0 Å². The first kappa shape index (κ1) is 13.8. The Hall–Kier alpha value is -1.13. The van der Waals surface area contributed by atoms with Crippen LogP contribution in [-0.4, -0.2) is 36.2 Å². The number of benzene rings is 1. The topological polar surface area (TPSA) is 32.7 Å². The van der Waals surface area contributed by atoms with Crippen LogP contribution in [0.3, 0.4) is 0 Å². The van der Waals surface area contributed by atoms with Crippen molar-refractivity contribution in [2.24, 2.45) is 5.92 Å². The highest BCUT2D eigenvalue weighted by Crippen LogP contribution is 2.38. The van der Waals surface area contributed by atoms with E-state index in [0.29, 0.717) is 23.8 Å². The Balaban J connectivity index is 1.63. The molecular formula is C16H22FNO2. The van der Waals surface area contributed by atoms with Crippen LogP contribution < -0.4 is 4.74 Å². The monoisotopic (exact) mass is 279 g/mol. The molecule has 1 saturated heterocycles. The Morgan fingerprint density at radius 1 is 1.45 bits per heavy atom. The third-order valence-electron chi connectivity index (χ3n) is 4.78. The van der Waals surface area contributed by atoms with Crippen LogP contribution in [-0.2, 0) is 0 Å². The van der Waals surface area contributed by atoms with Gasteiger partial charge in [-0.2, -0.15) is 0 Å². The van der Waals surface area contributed by atoms with Crippen molar-refractivity contribution < 1.29 is 14.2 Å². The number of piperidine rings is 1. The zero-order valence-corrected chi connectivity index (χ0v) is 11.9. The van der Waals surface area contributed by atoms with Crippen LogP contribution >= 0.6 is 0 Å². The van der Waals surface area contributed by atoms with E-state index in [2.05, 4.69) is 4.90 Å². The second-order valence-electron chi connectivity index (χ2n) is 5.99. The van der Waals surface area contributed by atoms with Crippen molar-refractivity contribution in [1.82, 2.24) is 4.90 Å². The third-order valence-corrected chi connectivity index (χ3v) is 4.78. The van der Waals surface area contributed by atoms with Gasteiger partial charge in [0.1, 0.15) is 11.6 Å². The first-order chi connectivity index (χ1) is 9.69. The number of methoxy groups -OCH3 is 1. The molecule has 0 aromatic heterocycles. The smallest absolute Gasteiger partial charge is 0.132 e. The number of aliphatic hydroxyl groups excluding tert-OH is 1. The number of halogens is 1. The molecule has 1 aliphatic heterocycles. The lowest BCUT2D eigenvalue weighted by Gasteiger charge is -2.27. The largest absolute Gasteiger partial charge is 0.496 e. The lowest BCUT2D eigenvalue weighted by molar-refractivity contribution is 0.123. The van der Waals surface area contributed by atoms with E-state index in [-0.39, 0.29) is 5.82 Å². The van der Waals surface area contributed by atoms with Crippen LogP contribution in [0.2, 0.25) is 0 Å². The molecule has 1 N–H and O–H groups in total. The number of nitrogens with zero attached hydrogens (tertiary/aromatic N) is 1. The van der Waals surface area contributed by atoms with Gasteiger partial charge in [-0.15, -0.1) is 0 Å². The molecule has 0 amide bonds. The van der Waals surface area contributed by atoms with Crippen molar-refractivity contribution in [3.05, 3.63) is 29.6 Å². The fourth-order valence-corrected chi connectivity index (χ4v) is 3.75. The summed E-state index contributed by atoms with van der Waals surface area (Å²) in [6, 6.07) is 5.36. The van der Waals surface area contributed by atoms with Crippen LogP contribution in [0.1, 0.15) is 37.4 Å². The molecule has 1 heterocycles. The van der Waals surface area contributed by atoms with Gasteiger partial charge < -0.3 is 9.84 Å². The molecule has 2 bridgehead atoms. The average molecular weight is 279 g/mol. The fourth-order valence-electron chi connectivity index (χ4n) is 3.75. The highest BCUT2D eigenvalue weighted by atomic mass is 19.1. The second-order valence-corrected chi connectivity index (χ2v) is 5.99. The number of likely N-dealkylation sites (tertiary alicyclic amines) is 1. The van der Waals surface area contributed by atoms with Crippen molar-refractivity contribution >= 4 is 0 Å². The molecule has 110 valence electrons. The molecule has 3 unspecified atom stereocenters. The molecule has 3 nitrogen and oxygen atoms in total. The highest BCUT2D eigenvalue weighted by Gasteiger charge is 2.37. The van der Waals surface area contributed by atoms with Gasteiger partial charge in [-0.05, 0) is 43.7 Å². The Morgan fingerprint density at radius 3 is 2.95 bits per heavy atom. The normalized spacial score (nSPS) is 26.9. The van der Waals surface area contributed by atoms with Gasteiger partial charge in [-0.1, -0.05) is 6.07 Å². The first-order valence-electron chi connectivity index (χ1n) is 7.43. The van der Waals surface area contributed by atoms with E-state index >= 15 is 0 Å². The number of ether oxygens (including phenoxy) is 1. The van der Waals surface area contributed by atoms with Crippen molar-refractivity contribution in [2.45, 2.75) is 37.8 Å². The van der Waals surface area contributed by atoms with Gasteiger partial charge in [0.05, 0.1) is 18.8 Å². The average Bonchev–Trinajstić information content (AvgIpc) is 3.06. The summed E-state index contributed by atoms with van der Waals surface area (Å²) in [5.74, 6) is 0.889. The molecular weight excluding hydrogens is 257 g/mol. The Labute approximate surface area is 119 Å². The maximum atomic E-state index is 13.9. The van der Waals surface area contributed by atoms with Gasteiger partial charge in [-0.25, -0.2) is 4.39 Å². The number of rotatable bonds is 5. The molecule has 2 fully saturated rings. The maximum Gasteiger partial charge on any atom is 0.132 e. The Kier molecular flexibility index (Phi) is 3.94. The van der Waals surface area contributed by atoms with E-state index in [1.165, 1.54) is 32.4 Å². The standard InChI is InChI=1S/C16H22FNO2/c1-20-15-4-2-3-13(17)16(15)14(19)7-8-18-10-11-5-6-12(18)9-11/h2-4,11-12,14,19H,5-10H2,1H3. The highest BCUT2D eigenvalue weighted by molar-refractivity contribution is 5.36. The van der Waals surface area contributed by atoms with Crippen molar-refractivity contribution in [3.63, 3.8) is 0 Å². The first-order valence-corrected chi connectivity index (χ1v) is 7.43. The second kappa shape index (κ2) is 5.70. The summed E-state index contributed by atoms with van der Waals surface area (Å²) in [6.07, 6.45) is 3.69. The minimum Gasteiger partial charge on any atom is -0.496 e. The lowest BCUT2D eigenvalue weighted by Crippen LogP contribution is -2.33. The molecule has 3 atom stereocenters. The molecule has 20 heavy (non-hydrogen) atoms. The van der Waals surface area contributed by atoms with Crippen molar-refractivity contribution in [1.29, 1.82) is 0 Å². The fraction of sp³-hybridized carbons (Fsp3) is 0.625. The minimum atomic E-state index is -0.801. The number of hydrogen-bond donors (Lipinski definition) is 1. The summed E-state index contributed by atoms with van der Waals surface area (Å²) in [4.78, 5) is 2.45. The van der Waals surface area contributed by atoms with Crippen LogP contribution in [0.4, 0.5) is 4.39 Å². The summed E-state index contributed by atoms with van der Waals surface area (Å²) in [6.45, 7) is 1.98. The van der Waals surface area contributed by atoms with Gasteiger partial charge in [0, 0.05) is 19.1 Å². The predicted molar refractivity (Wildman–Crippen MR) is 75.2 cm³/mol. The summed E-state index contributed by atoms with van der Waals surface area (Å²) in [5.41, 5.74) is 0.291. The van der Waals surface area contributed by atoms with Gasteiger partial charge in [0.15, 0.2) is 0 Å². The SMILES string of the molecule is COc1cccc(F)c1C(O)CCN1CC2CCC1C2. The van der Waals surface area contributed by atoms with Crippen LogP contribution in [0, 0.1) is 11.7 Å². The van der Waals surface area contributed by atoms with Crippen molar-refractivity contribution in [3.8, 4) is 5.75 Å². The molecule has 3 rings (SSSR count). The van der Waals surface area contributed by atoms with E-state index in [1.54, 1.807) is 12.1 Å². The van der Waals surface area contributed by atoms with Gasteiger partial charge in [0.2, 0.25) is 0 Å². The summed E-state index contributed by atoms with van der Waals surface area (Å²) in [7, 11) is 1.50. The van der Waals surface area contributed by atoms with Crippen LogP contribution in [0.25, 0.3) is 0 Å². The Bertz CT molecular complexity index is 480. The quantitative estimate of drug-likeness (QED) is 0.899. The van der Waals surface area contributed by atoms with E-state index in [0.717, 1.165) is 19.0 Å². The molecule has 2 aliphatic rings. The molecule has 1 aromatic carbocycles. The number of aliphatic hydroxyl groups is 1. The van der Waals surface area contributed by atoms with Crippen LogP contribution in [0.15, 0.2) is 18.2 Å². The minimum absolute atomic E-state index is 0.291. The van der Waals surface area contributed by atoms with Crippen molar-refractivity contribution in [2.75, 3.05) is 20.2 Å². The zero-order valence-electron chi connectivity index (χ0n) is 11.9. The van der Waals surface area contributed by atoms with E-state index < -0.39 is 6.10 Å². The van der Waals surface area contributed by atoms with E-state index in [4.69, 9.17) is 4.74 Å². The maximum absolute atomic E-state index is 13.9. The molecule has 1 saturated carbocycles. The van der Waals surface area contributed by atoms with E-state index in [1.807, 2.05) is 0 Å². The third kappa shape index (κ3) is 2.54. The molecule has 0 radical (unpaired) electrons. The van der Waals surface area contributed by atoms with E-state index in [9.17, 15) is 9.50 Å². The molecule has 1 aliphatic carbocycles. The zero-order chi connectivity index (χ0) is 14.1. The number of hydrogen-bond acceptors (Lipinski definition) is 3. The molecule has 0 spiro atoms. The van der Waals surface area contributed by atoms with Gasteiger partial charge in [-0.3, -0.25) is 4.90 Å². The Morgan fingerprint density at radius 2 is 2.30 bits per heavy atom. The predicted octanol–water partition coefficient (Wildman–Crippen LogP) is 2.74.